The summed E-state index contributed by atoms with van der Waals surface area (Å²) in [6.45, 7) is 1.02. The number of carbonyl (C=O) groups excluding carboxylic acids is 1. The SMILES string of the molecule is COCCNC(=O)Nc1cccc(SC)c1. The maximum atomic E-state index is 11.4. The van der Waals surface area contributed by atoms with Crippen LogP contribution in [0.4, 0.5) is 10.5 Å². The van der Waals surface area contributed by atoms with Crippen molar-refractivity contribution in [1.82, 2.24) is 5.32 Å². The van der Waals surface area contributed by atoms with Crippen LogP contribution in [-0.4, -0.2) is 32.5 Å². The molecule has 0 aliphatic rings. The number of carbonyl (C=O) groups is 1. The minimum absolute atomic E-state index is 0.213. The second-order valence-electron chi connectivity index (χ2n) is 3.11. The van der Waals surface area contributed by atoms with Gasteiger partial charge in [-0.3, -0.25) is 0 Å². The summed E-state index contributed by atoms with van der Waals surface area (Å²) in [4.78, 5) is 12.5. The molecule has 0 heterocycles. The van der Waals surface area contributed by atoms with Gasteiger partial charge in [0.15, 0.2) is 0 Å². The molecule has 0 radical (unpaired) electrons. The number of nitrogens with one attached hydrogen (secondary N) is 2. The first kappa shape index (κ1) is 12.9. The van der Waals surface area contributed by atoms with E-state index in [1.807, 2.05) is 30.5 Å². The van der Waals surface area contributed by atoms with Gasteiger partial charge in [-0.2, -0.15) is 0 Å². The van der Waals surface area contributed by atoms with E-state index in [9.17, 15) is 4.79 Å². The number of methoxy groups -OCH3 is 1. The molecular weight excluding hydrogens is 224 g/mol. The lowest BCUT2D eigenvalue weighted by atomic mass is 10.3. The van der Waals surface area contributed by atoms with Gasteiger partial charge in [0, 0.05) is 24.2 Å². The summed E-state index contributed by atoms with van der Waals surface area (Å²) < 4.78 is 4.83. The van der Waals surface area contributed by atoms with Crippen molar-refractivity contribution in [2.24, 2.45) is 0 Å². The van der Waals surface area contributed by atoms with Gasteiger partial charge in [0.1, 0.15) is 0 Å². The standard InChI is InChI=1S/C11H16N2O2S/c1-15-7-6-12-11(14)13-9-4-3-5-10(8-9)16-2/h3-5,8H,6-7H2,1-2H3,(H2,12,13,14). The van der Waals surface area contributed by atoms with E-state index < -0.39 is 0 Å². The molecule has 0 bridgehead atoms. The second kappa shape index (κ2) is 7.14. The van der Waals surface area contributed by atoms with Crippen LogP contribution in [0.15, 0.2) is 29.2 Å². The minimum Gasteiger partial charge on any atom is -0.383 e. The molecular formula is C11H16N2O2S. The average Bonchev–Trinajstić information content (AvgIpc) is 2.29. The van der Waals surface area contributed by atoms with Crippen LogP contribution in [0.1, 0.15) is 0 Å². The fraction of sp³-hybridized carbons (Fsp3) is 0.364. The van der Waals surface area contributed by atoms with Crippen LogP contribution in [0.5, 0.6) is 0 Å². The highest BCUT2D eigenvalue weighted by Gasteiger charge is 2.00. The number of amides is 2. The van der Waals surface area contributed by atoms with Crippen LogP contribution < -0.4 is 10.6 Å². The molecule has 0 unspecified atom stereocenters. The quantitative estimate of drug-likeness (QED) is 0.612. The molecule has 1 rings (SSSR count). The molecule has 0 atom stereocenters. The Morgan fingerprint density at radius 3 is 3.00 bits per heavy atom. The van der Waals surface area contributed by atoms with E-state index in [4.69, 9.17) is 4.74 Å². The number of ether oxygens (including phenoxy) is 1. The van der Waals surface area contributed by atoms with Gasteiger partial charge < -0.3 is 15.4 Å². The largest absolute Gasteiger partial charge is 0.383 e. The van der Waals surface area contributed by atoms with Gasteiger partial charge >= 0.3 is 6.03 Å². The number of benzene rings is 1. The summed E-state index contributed by atoms with van der Waals surface area (Å²) >= 11 is 1.64. The molecule has 1 aromatic rings. The third-order valence-electron chi connectivity index (χ3n) is 1.92. The Kier molecular flexibility index (Phi) is 5.74. The molecule has 0 saturated heterocycles. The summed E-state index contributed by atoms with van der Waals surface area (Å²) in [6, 6.07) is 7.49. The number of hydrogen-bond acceptors (Lipinski definition) is 3. The lowest BCUT2D eigenvalue weighted by molar-refractivity contribution is 0.198. The van der Waals surface area contributed by atoms with E-state index in [-0.39, 0.29) is 6.03 Å². The molecule has 0 saturated carbocycles. The molecule has 16 heavy (non-hydrogen) atoms. The molecule has 4 nitrogen and oxygen atoms in total. The van der Waals surface area contributed by atoms with E-state index >= 15 is 0 Å². The van der Waals surface area contributed by atoms with E-state index in [0.29, 0.717) is 13.2 Å². The van der Waals surface area contributed by atoms with E-state index in [0.717, 1.165) is 10.6 Å². The number of urea groups is 1. The van der Waals surface area contributed by atoms with Crippen LogP contribution in [-0.2, 0) is 4.74 Å². The van der Waals surface area contributed by atoms with Crippen LogP contribution >= 0.6 is 11.8 Å². The van der Waals surface area contributed by atoms with Gasteiger partial charge in [0.25, 0.3) is 0 Å². The van der Waals surface area contributed by atoms with Gasteiger partial charge in [-0.05, 0) is 24.5 Å². The molecule has 0 aliphatic heterocycles. The van der Waals surface area contributed by atoms with Crippen molar-refractivity contribution in [2.45, 2.75) is 4.90 Å². The highest BCUT2D eigenvalue weighted by atomic mass is 32.2. The molecule has 0 aromatic heterocycles. The summed E-state index contributed by atoms with van der Waals surface area (Å²) in [6.07, 6.45) is 2.00. The van der Waals surface area contributed by atoms with Gasteiger partial charge in [0.05, 0.1) is 6.61 Å². The van der Waals surface area contributed by atoms with Crippen molar-refractivity contribution in [1.29, 1.82) is 0 Å². The number of anilines is 1. The molecule has 5 heteroatoms. The first-order valence-electron chi connectivity index (χ1n) is 4.94. The maximum Gasteiger partial charge on any atom is 0.319 e. The maximum absolute atomic E-state index is 11.4. The van der Waals surface area contributed by atoms with Crippen LogP contribution in [0.25, 0.3) is 0 Å². The van der Waals surface area contributed by atoms with Gasteiger partial charge in [-0.25, -0.2) is 4.79 Å². The Hall–Kier alpha value is -1.20. The fourth-order valence-corrected chi connectivity index (χ4v) is 1.60. The van der Waals surface area contributed by atoms with Crippen molar-refractivity contribution in [3.63, 3.8) is 0 Å². The van der Waals surface area contributed by atoms with E-state index in [1.54, 1.807) is 18.9 Å². The van der Waals surface area contributed by atoms with Crippen molar-refractivity contribution in [2.75, 3.05) is 31.8 Å². The number of hydrogen-bond donors (Lipinski definition) is 2. The van der Waals surface area contributed by atoms with Crippen LogP contribution in [0, 0.1) is 0 Å². The normalized spacial score (nSPS) is 9.88. The zero-order valence-corrected chi connectivity index (χ0v) is 10.3. The third-order valence-corrected chi connectivity index (χ3v) is 2.64. The summed E-state index contributed by atoms with van der Waals surface area (Å²) in [5.74, 6) is 0. The third kappa shape index (κ3) is 4.55. The topological polar surface area (TPSA) is 50.4 Å². The van der Waals surface area contributed by atoms with E-state index in [1.165, 1.54) is 0 Å². The van der Waals surface area contributed by atoms with Gasteiger partial charge in [-0.1, -0.05) is 6.07 Å². The van der Waals surface area contributed by atoms with E-state index in [2.05, 4.69) is 10.6 Å². The molecule has 0 aliphatic carbocycles. The first-order valence-corrected chi connectivity index (χ1v) is 6.16. The summed E-state index contributed by atoms with van der Waals surface area (Å²) in [5, 5.41) is 5.44. The predicted molar refractivity (Wildman–Crippen MR) is 67.1 cm³/mol. The lowest BCUT2D eigenvalue weighted by Crippen LogP contribution is -2.31. The zero-order chi connectivity index (χ0) is 11.8. The Bertz CT molecular complexity index is 345. The molecule has 2 amide bonds. The van der Waals surface area contributed by atoms with Gasteiger partial charge in [-0.15, -0.1) is 11.8 Å². The summed E-state index contributed by atoms with van der Waals surface area (Å²) in [7, 11) is 1.60. The predicted octanol–water partition coefficient (Wildman–Crippen LogP) is 2.18. The Balaban J connectivity index is 2.43. The zero-order valence-electron chi connectivity index (χ0n) is 9.45. The number of rotatable bonds is 5. The molecule has 0 fully saturated rings. The Morgan fingerprint density at radius 2 is 2.31 bits per heavy atom. The minimum atomic E-state index is -0.213. The lowest BCUT2D eigenvalue weighted by Gasteiger charge is -2.07. The smallest absolute Gasteiger partial charge is 0.319 e. The summed E-state index contributed by atoms with van der Waals surface area (Å²) in [5.41, 5.74) is 0.793. The first-order chi connectivity index (χ1) is 7.76. The van der Waals surface area contributed by atoms with Crippen molar-refractivity contribution >= 4 is 23.5 Å². The highest BCUT2D eigenvalue weighted by Crippen LogP contribution is 2.18. The fourth-order valence-electron chi connectivity index (χ4n) is 1.14. The molecule has 0 spiro atoms. The Labute approximate surface area is 99.8 Å². The molecule has 88 valence electrons. The average molecular weight is 240 g/mol. The van der Waals surface area contributed by atoms with Crippen molar-refractivity contribution in [3.8, 4) is 0 Å². The van der Waals surface area contributed by atoms with Crippen LogP contribution in [0.3, 0.4) is 0 Å². The van der Waals surface area contributed by atoms with Gasteiger partial charge in [0.2, 0.25) is 0 Å². The monoisotopic (exact) mass is 240 g/mol. The Morgan fingerprint density at radius 1 is 1.50 bits per heavy atom. The molecule has 1 aromatic carbocycles. The van der Waals surface area contributed by atoms with Crippen molar-refractivity contribution in [3.05, 3.63) is 24.3 Å². The molecule has 2 N–H and O–H groups in total. The second-order valence-corrected chi connectivity index (χ2v) is 3.99. The number of thioether (sulfide) groups is 1. The van der Waals surface area contributed by atoms with Crippen molar-refractivity contribution < 1.29 is 9.53 Å². The van der Waals surface area contributed by atoms with Crippen LogP contribution in [0.2, 0.25) is 0 Å². The highest BCUT2D eigenvalue weighted by molar-refractivity contribution is 7.98.